The largest absolute Gasteiger partial charge is 0.326 e. The zero-order valence-electron chi connectivity index (χ0n) is 9.48. The number of hydrogen-bond donors (Lipinski definition) is 1. The first-order valence-electron chi connectivity index (χ1n) is 5.39. The van der Waals surface area contributed by atoms with Crippen molar-refractivity contribution in [1.29, 1.82) is 0 Å². The van der Waals surface area contributed by atoms with Gasteiger partial charge in [0.05, 0.1) is 12.7 Å². The molecule has 0 radical (unpaired) electrons. The van der Waals surface area contributed by atoms with Gasteiger partial charge in [0.15, 0.2) is 0 Å². The summed E-state index contributed by atoms with van der Waals surface area (Å²) in [6, 6.07) is 7.03. The van der Waals surface area contributed by atoms with E-state index in [0.29, 0.717) is 10.6 Å². The third kappa shape index (κ3) is 2.68. The number of nitrogens with two attached hydrogens (primary N) is 1. The van der Waals surface area contributed by atoms with Crippen molar-refractivity contribution < 1.29 is 8.78 Å². The molecule has 0 aliphatic heterocycles. The summed E-state index contributed by atoms with van der Waals surface area (Å²) in [6.45, 7) is 0.301. The lowest BCUT2D eigenvalue weighted by Gasteiger charge is -2.08. The number of halogens is 3. The van der Waals surface area contributed by atoms with Crippen LogP contribution in [0.1, 0.15) is 23.2 Å². The summed E-state index contributed by atoms with van der Waals surface area (Å²) in [4.78, 5) is 0. The predicted molar refractivity (Wildman–Crippen MR) is 65.6 cm³/mol. The highest BCUT2D eigenvalue weighted by Gasteiger charge is 2.19. The van der Waals surface area contributed by atoms with Crippen LogP contribution in [0, 0.1) is 0 Å². The first-order chi connectivity index (χ1) is 8.61. The lowest BCUT2D eigenvalue weighted by atomic mass is 10.2. The van der Waals surface area contributed by atoms with E-state index < -0.39 is 6.43 Å². The standard InChI is InChI=1S/C12H12ClF2N3/c13-10-3-1-2-8(4-10)7-18-11(12(14)15)9(5-16)6-17-18/h1-4,6,12H,5,7,16H2. The second kappa shape index (κ2) is 5.46. The minimum Gasteiger partial charge on any atom is -0.326 e. The van der Waals surface area contributed by atoms with Crippen LogP contribution in [-0.4, -0.2) is 9.78 Å². The molecule has 96 valence electrons. The van der Waals surface area contributed by atoms with Crippen molar-refractivity contribution in [2.75, 3.05) is 0 Å². The quantitative estimate of drug-likeness (QED) is 0.929. The van der Waals surface area contributed by atoms with E-state index in [9.17, 15) is 8.78 Å². The van der Waals surface area contributed by atoms with Crippen LogP contribution < -0.4 is 5.73 Å². The molecule has 18 heavy (non-hydrogen) atoms. The van der Waals surface area contributed by atoms with E-state index >= 15 is 0 Å². The molecule has 0 aliphatic rings. The fraction of sp³-hybridized carbons (Fsp3) is 0.250. The smallest absolute Gasteiger partial charge is 0.280 e. The highest BCUT2D eigenvalue weighted by Crippen LogP contribution is 2.23. The molecule has 2 aromatic rings. The van der Waals surface area contributed by atoms with Crippen molar-refractivity contribution in [3.05, 3.63) is 52.3 Å². The molecule has 2 rings (SSSR count). The van der Waals surface area contributed by atoms with Gasteiger partial charge in [-0.05, 0) is 17.7 Å². The predicted octanol–water partition coefficient (Wildman–Crippen LogP) is 2.98. The van der Waals surface area contributed by atoms with Crippen molar-refractivity contribution in [1.82, 2.24) is 9.78 Å². The minimum atomic E-state index is -2.59. The molecular weight excluding hydrogens is 260 g/mol. The first-order valence-corrected chi connectivity index (χ1v) is 5.77. The van der Waals surface area contributed by atoms with Crippen molar-refractivity contribution >= 4 is 11.6 Å². The molecule has 0 amide bonds. The molecule has 0 atom stereocenters. The van der Waals surface area contributed by atoms with Crippen LogP contribution in [0.2, 0.25) is 5.02 Å². The van der Waals surface area contributed by atoms with Gasteiger partial charge in [-0.1, -0.05) is 23.7 Å². The Morgan fingerprint density at radius 3 is 2.78 bits per heavy atom. The topological polar surface area (TPSA) is 43.8 Å². The van der Waals surface area contributed by atoms with E-state index in [1.165, 1.54) is 10.9 Å². The maximum atomic E-state index is 12.9. The van der Waals surface area contributed by atoms with Gasteiger partial charge < -0.3 is 5.73 Å². The number of rotatable bonds is 4. The summed E-state index contributed by atoms with van der Waals surface area (Å²) in [5, 5.41) is 4.51. The highest BCUT2D eigenvalue weighted by molar-refractivity contribution is 6.30. The zero-order valence-corrected chi connectivity index (χ0v) is 10.2. The fourth-order valence-electron chi connectivity index (χ4n) is 1.78. The van der Waals surface area contributed by atoms with Gasteiger partial charge in [0, 0.05) is 17.1 Å². The molecule has 0 saturated heterocycles. The monoisotopic (exact) mass is 271 g/mol. The van der Waals surface area contributed by atoms with Gasteiger partial charge in [-0.3, -0.25) is 4.68 Å². The van der Waals surface area contributed by atoms with Crippen molar-refractivity contribution in [3.63, 3.8) is 0 Å². The molecule has 0 unspecified atom stereocenters. The maximum Gasteiger partial charge on any atom is 0.280 e. The Labute approximate surface area is 108 Å². The summed E-state index contributed by atoms with van der Waals surface area (Å²) in [7, 11) is 0. The molecular formula is C12H12ClF2N3. The lowest BCUT2D eigenvalue weighted by molar-refractivity contribution is 0.138. The highest BCUT2D eigenvalue weighted by atomic mass is 35.5. The van der Waals surface area contributed by atoms with Crippen LogP contribution in [0.3, 0.4) is 0 Å². The second-order valence-electron chi connectivity index (χ2n) is 3.85. The zero-order chi connectivity index (χ0) is 13.1. The molecule has 0 spiro atoms. The Hall–Kier alpha value is -1.46. The van der Waals surface area contributed by atoms with Crippen molar-refractivity contribution in [2.45, 2.75) is 19.5 Å². The Balaban J connectivity index is 2.32. The Morgan fingerprint density at radius 1 is 1.39 bits per heavy atom. The average molecular weight is 272 g/mol. The molecule has 2 N–H and O–H groups in total. The van der Waals surface area contributed by atoms with Crippen LogP contribution in [-0.2, 0) is 13.1 Å². The number of benzene rings is 1. The van der Waals surface area contributed by atoms with E-state index in [-0.39, 0.29) is 18.8 Å². The summed E-state index contributed by atoms with van der Waals surface area (Å²) in [5.74, 6) is 0. The normalized spacial score (nSPS) is 11.2. The number of nitrogens with zero attached hydrogens (tertiary/aromatic N) is 2. The fourth-order valence-corrected chi connectivity index (χ4v) is 1.99. The van der Waals surface area contributed by atoms with E-state index in [2.05, 4.69) is 5.10 Å². The second-order valence-corrected chi connectivity index (χ2v) is 4.28. The molecule has 0 bridgehead atoms. The Morgan fingerprint density at radius 2 is 2.17 bits per heavy atom. The van der Waals surface area contributed by atoms with Gasteiger partial charge in [-0.2, -0.15) is 5.10 Å². The van der Waals surface area contributed by atoms with Gasteiger partial charge in [0.1, 0.15) is 5.69 Å². The van der Waals surface area contributed by atoms with E-state index in [0.717, 1.165) is 5.56 Å². The van der Waals surface area contributed by atoms with Crippen LogP contribution >= 0.6 is 11.6 Å². The average Bonchev–Trinajstić information content (AvgIpc) is 2.72. The summed E-state index contributed by atoms with van der Waals surface area (Å²) in [5.41, 5.74) is 6.47. The van der Waals surface area contributed by atoms with Crippen LogP contribution in [0.25, 0.3) is 0 Å². The van der Waals surface area contributed by atoms with E-state index in [1.54, 1.807) is 18.2 Å². The number of aromatic nitrogens is 2. The number of alkyl halides is 2. The molecule has 3 nitrogen and oxygen atoms in total. The van der Waals surface area contributed by atoms with Crippen molar-refractivity contribution in [3.8, 4) is 0 Å². The third-order valence-corrected chi connectivity index (χ3v) is 2.84. The van der Waals surface area contributed by atoms with E-state index in [4.69, 9.17) is 17.3 Å². The molecule has 1 aromatic heterocycles. The Kier molecular flexibility index (Phi) is 3.93. The summed E-state index contributed by atoms with van der Waals surface area (Å²) in [6.07, 6.45) is -1.21. The number of hydrogen-bond acceptors (Lipinski definition) is 2. The molecule has 1 aromatic carbocycles. The SMILES string of the molecule is NCc1cnn(Cc2cccc(Cl)c2)c1C(F)F. The molecule has 0 aliphatic carbocycles. The third-order valence-electron chi connectivity index (χ3n) is 2.61. The van der Waals surface area contributed by atoms with Gasteiger partial charge in [-0.15, -0.1) is 0 Å². The van der Waals surface area contributed by atoms with Gasteiger partial charge in [0.2, 0.25) is 0 Å². The molecule has 1 heterocycles. The summed E-state index contributed by atoms with van der Waals surface area (Å²) >= 11 is 5.85. The Bertz CT molecular complexity index is 540. The van der Waals surface area contributed by atoms with Gasteiger partial charge in [-0.25, -0.2) is 8.78 Å². The van der Waals surface area contributed by atoms with Gasteiger partial charge in [0.25, 0.3) is 6.43 Å². The van der Waals surface area contributed by atoms with Crippen LogP contribution in [0.5, 0.6) is 0 Å². The van der Waals surface area contributed by atoms with E-state index in [1.807, 2.05) is 6.07 Å². The van der Waals surface area contributed by atoms with Crippen molar-refractivity contribution in [2.24, 2.45) is 5.73 Å². The van der Waals surface area contributed by atoms with Gasteiger partial charge >= 0.3 is 0 Å². The molecule has 0 fully saturated rings. The lowest BCUT2D eigenvalue weighted by Crippen LogP contribution is -2.09. The maximum absolute atomic E-state index is 12.9. The van der Waals surface area contributed by atoms with Crippen LogP contribution in [0.4, 0.5) is 8.78 Å². The summed E-state index contributed by atoms with van der Waals surface area (Å²) < 4.78 is 27.2. The minimum absolute atomic E-state index is 0.0508. The molecule has 0 saturated carbocycles. The first kappa shape index (κ1) is 13.0. The molecule has 6 heteroatoms. The van der Waals surface area contributed by atoms with Crippen LogP contribution in [0.15, 0.2) is 30.5 Å².